The Balaban J connectivity index is 1.45. The predicted molar refractivity (Wildman–Crippen MR) is 138 cm³/mol. The van der Waals surface area contributed by atoms with Crippen LogP contribution < -0.4 is 16.0 Å². The summed E-state index contributed by atoms with van der Waals surface area (Å²) < 4.78 is 13.5. The predicted octanol–water partition coefficient (Wildman–Crippen LogP) is 5.26. The summed E-state index contributed by atoms with van der Waals surface area (Å²) in [5.74, 6) is 1.34. The van der Waals surface area contributed by atoms with Gasteiger partial charge in [-0.25, -0.2) is 9.37 Å². The van der Waals surface area contributed by atoms with Gasteiger partial charge in [-0.05, 0) is 48.9 Å². The Bertz CT molecular complexity index is 1100. The van der Waals surface area contributed by atoms with Crippen molar-refractivity contribution in [2.24, 2.45) is 5.92 Å². The van der Waals surface area contributed by atoms with E-state index >= 15 is 0 Å². The fourth-order valence-electron chi connectivity index (χ4n) is 4.55. The number of halogens is 1. The third-order valence-corrected chi connectivity index (χ3v) is 6.40. The summed E-state index contributed by atoms with van der Waals surface area (Å²) >= 11 is 0. The van der Waals surface area contributed by atoms with Crippen molar-refractivity contribution in [1.82, 2.24) is 15.3 Å². The number of rotatable bonds is 10. The van der Waals surface area contributed by atoms with E-state index in [9.17, 15) is 9.18 Å². The van der Waals surface area contributed by atoms with E-state index in [1.54, 1.807) is 12.1 Å². The Morgan fingerprint density at radius 2 is 1.77 bits per heavy atom. The van der Waals surface area contributed by atoms with Crippen LogP contribution in [0.4, 0.5) is 16.2 Å². The molecule has 0 radical (unpaired) electrons. The first-order valence-corrected chi connectivity index (χ1v) is 12.5. The van der Waals surface area contributed by atoms with Gasteiger partial charge in [0.15, 0.2) is 0 Å². The molecule has 7 heteroatoms. The van der Waals surface area contributed by atoms with Crippen molar-refractivity contribution in [3.05, 3.63) is 83.3 Å². The number of carbonyl (C=O) groups excluding carboxylic acids is 1. The first kappa shape index (κ1) is 24.6. The minimum Gasteiger partial charge on any atom is -0.358 e. The molecular weight excluding hydrogens is 441 g/mol. The number of carbonyl (C=O) groups is 1. The standard InChI is InChI=1S/C28H34FN5O/c1-20-15-26(34-28(32-20)31-18-22-11-6-3-7-12-22)33-25(17-21-9-4-2-5-10-21)27(35)30-19-23-13-8-14-24(29)16-23/h2,4-5,8-10,13-16,22,25H,3,6-7,11-12,17-19H2,1H3,(H,30,35)(H2,31,32,33,34)/t25-/m0/s1. The van der Waals surface area contributed by atoms with Crippen molar-refractivity contribution in [2.75, 3.05) is 17.2 Å². The summed E-state index contributed by atoms with van der Waals surface area (Å²) in [7, 11) is 0. The average Bonchev–Trinajstić information content (AvgIpc) is 2.87. The molecule has 0 saturated heterocycles. The molecule has 184 valence electrons. The van der Waals surface area contributed by atoms with Gasteiger partial charge in [0.25, 0.3) is 0 Å². The van der Waals surface area contributed by atoms with Crippen molar-refractivity contribution in [2.45, 2.75) is 58.0 Å². The molecule has 1 aromatic heterocycles. The van der Waals surface area contributed by atoms with Gasteiger partial charge < -0.3 is 16.0 Å². The lowest BCUT2D eigenvalue weighted by Gasteiger charge is -2.22. The van der Waals surface area contributed by atoms with Gasteiger partial charge in [0, 0.05) is 31.3 Å². The van der Waals surface area contributed by atoms with Crippen molar-refractivity contribution < 1.29 is 9.18 Å². The zero-order valence-electron chi connectivity index (χ0n) is 20.3. The molecule has 1 atom stereocenters. The van der Waals surface area contributed by atoms with Crippen molar-refractivity contribution >= 4 is 17.7 Å². The fourth-order valence-corrected chi connectivity index (χ4v) is 4.55. The molecule has 1 saturated carbocycles. The highest BCUT2D eigenvalue weighted by atomic mass is 19.1. The van der Waals surface area contributed by atoms with Crippen LogP contribution in [-0.2, 0) is 17.8 Å². The molecule has 3 N–H and O–H groups in total. The van der Waals surface area contributed by atoms with Gasteiger partial charge >= 0.3 is 0 Å². The SMILES string of the molecule is Cc1cc(N[C@@H](Cc2ccccc2)C(=O)NCc2cccc(F)c2)nc(NCC2CCCCC2)n1. The summed E-state index contributed by atoms with van der Waals surface area (Å²) in [6.45, 7) is 3.04. The van der Waals surface area contributed by atoms with Gasteiger partial charge in [0.2, 0.25) is 11.9 Å². The fraction of sp³-hybridized carbons (Fsp3) is 0.393. The van der Waals surface area contributed by atoms with E-state index in [1.165, 1.54) is 44.2 Å². The highest BCUT2D eigenvalue weighted by Gasteiger charge is 2.20. The molecule has 1 fully saturated rings. The topological polar surface area (TPSA) is 78.9 Å². The molecule has 0 bridgehead atoms. The van der Waals surface area contributed by atoms with Crippen LogP contribution in [0.5, 0.6) is 0 Å². The Hall–Kier alpha value is -3.48. The molecular formula is C28H34FN5O. The van der Waals surface area contributed by atoms with Gasteiger partial charge in [-0.15, -0.1) is 0 Å². The molecule has 1 aliphatic rings. The van der Waals surface area contributed by atoms with Crippen LogP contribution in [-0.4, -0.2) is 28.5 Å². The number of amides is 1. The summed E-state index contributed by atoms with van der Waals surface area (Å²) in [5.41, 5.74) is 2.57. The maximum Gasteiger partial charge on any atom is 0.243 e. The Labute approximate surface area is 206 Å². The number of hydrogen-bond donors (Lipinski definition) is 3. The summed E-state index contributed by atoms with van der Waals surface area (Å²) in [6.07, 6.45) is 6.89. The van der Waals surface area contributed by atoms with Gasteiger partial charge in [-0.1, -0.05) is 61.7 Å². The van der Waals surface area contributed by atoms with Crippen LogP contribution in [0.3, 0.4) is 0 Å². The Kier molecular flexibility index (Phi) is 8.65. The van der Waals surface area contributed by atoms with Crippen LogP contribution in [0.15, 0.2) is 60.7 Å². The van der Waals surface area contributed by atoms with E-state index in [0.29, 0.717) is 29.7 Å². The molecule has 3 aromatic rings. The molecule has 35 heavy (non-hydrogen) atoms. The number of anilines is 2. The monoisotopic (exact) mass is 475 g/mol. The van der Waals surface area contributed by atoms with Gasteiger partial charge in [0.05, 0.1) is 0 Å². The van der Waals surface area contributed by atoms with Crippen LogP contribution in [0.25, 0.3) is 0 Å². The quantitative estimate of drug-likeness (QED) is 0.373. The number of aryl methyl sites for hydroxylation is 1. The maximum atomic E-state index is 13.5. The van der Waals surface area contributed by atoms with Gasteiger partial charge in [-0.2, -0.15) is 4.98 Å². The number of benzene rings is 2. The zero-order chi connectivity index (χ0) is 24.5. The van der Waals surface area contributed by atoms with Crippen LogP contribution >= 0.6 is 0 Å². The van der Waals surface area contributed by atoms with E-state index in [-0.39, 0.29) is 18.3 Å². The smallest absolute Gasteiger partial charge is 0.243 e. The molecule has 0 spiro atoms. The second-order valence-corrected chi connectivity index (χ2v) is 9.34. The molecule has 1 amide bonds. The molecule has 0 unspecified atom stereocenters. The minimum absolute atomic E-state index is 0.175. The molecule has 6 nitrogen and oxygen atoms in total. The van der Waals surface area contributed by atoms with Gasteiger partial charge in [0.1, 0.15) is 17.7 Å². The first-order chi connectivity index (χ1) is 17.0. The largest absolute Gasteiger partial charge is 0.358 e. The van der Waals surface area contributed by atoms with Crippen molar-refractivity contribution in [1.29, 1.82) is 0 Å². The molecule has 2 aromatic carbocycles. The van der Waals surface area contributed by atoms with E-state index in [0.717, 1.165) is 17.8 Å². The van der Waals surface area contributed by atoms with E-state index in [4.69, 9.17) is 0 Å². The highest BCUT2D eigenvalue weighted by molar-refractivity contribution is 5.84. The first-order valence-electron chi connectivity index (χ1n) is 12.5. The third kappa shape index (κ3) is 7.77. The summed E-state index contributed by atoms with van der Waals surface area (Å²) in [4.78, 5) is 22.4. The normalized spacial score (nSPS) is 14.8. The third-order valence-electron chi connectivity index (χ3n) is 6.40. The van der Waals surface area contributed by atoms with Crippen molar-refractivity contribution in [3.63, 3.8) is 0 Å². The maximum absolute atomic E-state index is 13.5. The van der Waals surface area contributed by atoms with Crippen LogP contribution in [0.1, 0.15) is 48.9 Å². The van der Waals surface area contributed by atoms with E-state index in [2.05, 4.69) is 25.9 Å². The number of aromatic nitrogens is 2. The highest BCUT2D eigenvalue weighted by Crippen LogP contribution is 2.24. The molecule has 1 heterocycles. The second kappa shape index (κ2) is 12.3. The summed E-state index contributed by atoms with van der Waals surface area (Å²) in [6, 6.07) is 17.4. The van der Waals surface area contributed by atoms with E-state index in [1.807, 2.05) is 43.3 Å². The molecule has 0 aliphatic heterocycles. The van der Waals surface area contributed by atoms with Crippen LogP contribution in [0, 0.1) is 18.7 Å². The van der Waals surface area contributed by atoms with E-state index < -0.39 is 6.04 Å². The average molecular weight is 476 g/mol. The lowest BCUT2D eigenvalue weighted by Crippen LogP contribution is -2.41. The lowest BCUT2D eigenvalue weighted by molar-refractivity contribution is -0.122. The summed E-state index contributed by atoms with van der Waals surface area (Å²) in [5, 5.41) is 9.66. The number of hydrogen-bond acceptors (Lipinski definition) is 5. The Morgan fingerprint density at radius 3 is 2.54 bits per heavy atom. The van der Waals surface area contributed by atoms with Crippen molar-refractivity contribution in [3.8, 4) is 0 Å². The zero-order valence-corrected chi connectivity index (χ0v) is 20.3. The number of nitrogens with zero attached hydrogens (tertiary/aromatic N) is 2. The molecule has 1 aliphatic carbocycles. The van der Waals surface area contributed by atoms with Crippen LogP contribution in [0.2, 0.25) is 0 Å². The lowest BCUT2D eigenvalue weighted by atomic mass is 9.89. The van der Waals surface area contributed by atoms with Gasteiger partial charge in [-0.3, -0.25) is 4.79 Å². The number of nitrogens with one attached hydrogen (secondary N) is 3. The Morgan fingerprint density at radius 1 is 1.00 bits per heavy atom. The second-order valence-electron chi connectivity index (χ2n) is 9.34. The minimum atomic E-state index is -0.550. The molecule has 4 rings (SSSR count).